The lowest BCUT2D eigenvalue weighted by atomic mass is 9.99. The van der Waals surface area contributed by atoms with E-state index in [0.29, 0.717) is 19.4 Å². The van der Waals surface area contributed by atoms with Gasteiger partial charge in [0.15, 0.2) is 5.78 Å². The smallest absolute Gasteiger partial charge is 0.164 e. The summed E-state index contributed by atoms with van der Waals surface area (Å²) in [6, 6.07) is 0. The van der Waals surface area contributed by atoms with Gasteiger partial charge in [-0.25, -0.2) is 0 Å². The van der Waals surface area contributed by atoms with Crippen LogP contribution in [-0.4, -0.2) is 18.0 Å². The van der Waals surface area contributed by atoms with Crippen molar-refractivity contribution in [3.05, 3.63) is 0 Å². The highest BCUT2D eigenvalue weighted by atomic mass is 16.5. The van der Waals surface area contributed by atoms with E-state index in [0.717, 1.165) is 0 Å². The van der Waals surface area contributed by atoms with Crippen LogP contribution < -0.4 is 0 Å². The summed E-state index contributed by atoms with van der Waals surface area (Å²) >= 11 is 0. The molecule has 0 saturated heterocycles. The standard InChI is InChI=1S/C11H18O2/c1-5-7-8-9-10(12)11(3,4)13-6-2/h6,8-9H2,1-4H3. The zero-order valence-corrected chi connectivity index (χ0v) is 8.94. The van der Waals surface area contributed by atoms with Gasteiger partial charge in [-0.05, 0) is 27.7 Å². The van der Waals surface area contributed by atoms with Crippen molar-refractivity contribution < 1.29 is 9.53 Å². The first-order chi connectivity index (χ1) is 6.04. The van der Waals surface area contributed by atoms with Crippen LogP contribution in [0.2, 0.25) is 0 Å². The highest BCUT2D eigenvalue weighted by molar-refractivity contribution is 5.86. The number of hydrogen-bond acceptors (Lipinski definition) is 2. The van der Waals surface area contributed by atoms with Crippen LogP contribution in [0.3, 0.4) is 0 Å². The molecular weight excluding hydrogens is 164 g/mol. The summed E-state index contributed by atoms with van der Waals surface area (Å²) in [5.41, 5.74) is -0.649. The number of ketones is 1. The molecule has 0 atom stereocenters. The second-order valence-corrected chi connectivity index (χ2v) is 3.29. The molecule has 0 amide bonds. The Labute approximate surface area is 80.7 Å². The summed E-state index contributed by atoms with van der Waals surface area (Å²) in [5, 5.41) is 0. The molecule has 0 aliphatic rings. The molecule has 0 aromatic carbocycles. The van der Waals surface area contributed by atoms with Crippen LogP contribution in [0.4, 0.5) is 0 Å². The Bertz CT molecular complexity index is 218. The first-order valence-corrected chi connectivity index (χ1v) is 4.61. The molecule has 0 radical (unpaired) electrons. The molecule has 0 heterocycles. The molecule has 2 nitrogen and oxygen atoms in total. The van der Waals surface area contributed by atoms with Crippen molar-refractivity contribution in [1.29, 1.82) is 0 Å². The van der Waals surface area contributed by atoms with Crippen LogP contribution in [0.25, 0.3) is 0 Å². The van der Waals surface area contributed by atoms with Crippen LogP contribution >= 0.6 is 0 Å². The molecule has 0 aromatic heterocycles. The minimum atomic E-state index is -0.649. The zero-order chi connectivity index (χ0) is 10.3. The second-order valence-electron chi connectivity index (χ2n) is 3.29. The monoisotopic (exact) mass is 182 g/mol. The Kier molecular flexibility index (Phi) is 5.41. The number of Topliss-reactive ketones (excluding diaryl/α,β-unsaturated/α-hetero) is 1. The van der Waals surface area contributed by atoms with Gasteiger partial charge in [-0.15, -0.1) is 11.8 Å². The molecule has 0 spiro atoms. The van der Waals surface area contributed by atoms with Crippen LogP contribution in [0.5, 0.6) is 0 Å². The third-order valence-electron chi connectivity index (χ3n) is 1.83. The highest BCUT2D eigenvalue weighted by Gasteiger charge is 2.26. The van der Waals surface area contributed by atoms with Crippen molar-refractivity contribution in [2.45, 2.75) is 46.1 Å². The van der Waals surface area contributed by atoms with Crippen molar-refractivity contribution in [2.75, 3.05) is 6.61 Å². The molecule has 0 N–H and O–H groups in total. The van der Waals surface area contributed by atoms with E-state index in [2.05, 4.69) is 11.8 Å². The van der Waals surface area contributed by atoms with Gasteiger partial charge in [-0.1, -0.05) is 0 Å². The summed E-state index contributed by atoms with van der Waals surface area (Å²) in [5.74, 6) is 5.75. The fourth-order valence-corrected chi connectivity index (χ4v) is 1.04. The van der Waals surface area contributed by atoms with E-state index < -0.39 is 5.60 Å². The fraction of sp³-hybridized carbons (Fsp3) is 0.727. The summed E-state index contributed by atoms with van der Waals surface area (Å²) in [6.07, 6.45) is 1.11. The molecule has 0 saturated carbocycles. The number of rotatable bonds is 5. The maximum Gasteiger partial charge on any atom is 0.164 e. The molecule has 13 heavy (non-hydrogen) atoms. The van der Waals surface area contributed by atoms with Crippen LogP contribution in [-0.2, 0) is 9.53 Å². The Balaban J connectivity index is 3.98. The van der Waals surface area contributed by atoms with Gasteiger partial charge in [-0.3, -0.25) is 4.79 Å². The van der Waals surface area contributed by atoms with Gasteiger partial charge in [-0.2, -0.15) is 0 Å². The van der Waals surface area contributed by atoms with Gasteiger partial charge >= 0.3 is 0 Å². The summed E-state index contributed by atoms with van der Waals surface area (Å²) in [6.45, 7) is 7.84. The van der Waals surface area contributed by atoms with Gasteiger partial charge in [0.1, 0.15) is 5.60 Å². The SMILES string of the molecule is CC#CCCC(=O)C(C)(C)OCC. The number of carbonyl (C=O) groups is 1. The Morgan fingerprint density at radius 2 is 2.08 bits per heavy atom. The predicted molar refractivity (Wildman–Crippen MR) is 53.4 cm³/mol. The Morgan fingerprint density at radius 3 is 2.54 bits per heavy atom. The quantitative estimate of drug-likeness (QED) is 0.609. The summed E-state index contributed by atoms with van der Waals surface area (Å²) in [7, 11) is 0. The van der Waals surface area contributed by atoms with Gasteiger partial charge < -0.3 is 4.74 Å². The van der Waals surface area contributed by atoms with E-state index in [1.165, 1.54) is 0 Å². The van der Waals surface area contributed by atoms with E-state index in [4.69, 9.17) is 4.74 Å². The van der Waals surface area contributed by atoms with Gasteiger partial charge in [0.2, 0.25) is 0 Å². The lowest BCUT2D eigenvalue weighted by Gasteiger charge is -2.22. The van der Waals surface area contributed by atoms with Crippen molar-refractivity contribution in [2.24, 2.45) is 0 Å². The van der Waals surface area contributed by atoms with Crippen LogP contribution in [0.1, 0.15) is 40.5 Å². The maximum absolute atomic E-state index is 11.5. The third-order valence-corrected chi connectivity index (χ3v) is 1.83. The summed E-state index contributed by atoms with van der Waals surface area (Å²) < 4.78 is 5.32. The number of carbonyl (C=O) groups excluding carboxylic acids is 1. The normalized spacial score (nSPS) is 10.5. The van der Waals surface area contributed by atoms with Gasteiger partial charge in [0.25, 0.3) is 0 Å². The van der Waals surface area contributed by atoms with Crippen molar-refractivity contribution in [3.8, 4) is 11.8 Å². The van der Waals surface area contributed by atoms with Gasteiger partial charge in [0, 0.05) is 19.4 Å². The fourth-order valence-electron chi connectivity index (χ4n) is 1.04. The minimum absolute atomic E-state index is 0.122. The molecule has 0 aliphatic carbocycles. The van der Waals surface area contributed by atoms with E-state index in [1.807, 2.05) is 6.92 Å². The predicted octanol–water partition coefficient (Wildman–Crippen LogP) is 2.17. The van der Waals surface area contributed by atoms with Crippen molar-refractivity contribution >= 4 is 5.78 Å². The molecule has 0 bridgehead atoms. The third kappa shape index (κ3) is 4.69. The Hall–Kier alpha value is -0.810. The van der Waals surface area contributed by atoms with E-state index in [-0.39, 0.29) is 5.78 Å². The van der Waals surface area contributed by atoms with Gasteiger partial charge in [0.05, 0.1) is 0 Å². The lowest BCUT2D eigenvalue weighted by molar-refractivity contribution is -0.139. The van der Waals surface area contributed by atoms with Crippen LogP contribution in [0, 0.1) is 11.8 Å². The topological polar surface area (TPSA) is 26.3 Å². The average Bonchev–Trinajstić information content (AvgIpc) is 2.04. The van der Waals surface area contributed by atoms with E-state index in [1.54, 1.807) is 20.8 Å². The molecule has 0 fully saturated rings. The number of ether oxygens (including phenoxy) is 1. The molecular formula is C11H18O2. The Morgan fingerprint density at radius 1 is 1.46 bits per heavy atom. The minimum Gasteiger partial charge on any atom is -0.368 e. The summed E-state index contributed by atoms with van der Waals surface area (Å²) in [4.78, 5) is 11.5. The van der Waals surface area contributed by atoms with E-state index in [9.17, 15) is 4.79 Å². The molecule has 0 aliphatic heterocycles. The van der Waals surface area contributed by atoms with Crippen molar-refractivity contribution in [1.82, 2.24) is 0 Å². The largest absolute Gasteiger partial charge is 0.368 e. The molecule has 0 rings (SSSR count). The first kappa shape index (κ1) is 12.2. The molecule has 0 aromatic rings. The number of hydrogen-bond donors (Lipinski definition) is 0. The maximum atomic E-state index is 11.5. The lowest BCUT2D eigenvalue weighted by Crippen LogP contribution is -2.34. The molecule has 74 valence electrons. The average molecular weight is 182 g/mol. The van der Waals surface area contributed by atoms with Crippen molar-refractivity contribution in [3.63, 3.8) is 0 Å². The molecule has 2 heteroatoms. The first-order valence-electron chi connectivity index (χ1n) is 4.61. The van der Waals surface area contributed by atoms with E-state index >= 15 is 0 Å². The second kappa shape index (κ2) is 5.77. The molecule has 0 unspecified atom stereocenters. The highest BCUT2D eigenvalue weighted by Crippen LogP contribution is 2.13. The zero-order valence-electron chi connectivity index (χ0n) is 8.94. The van der Waals surface area contributed by atoms with Crippen LogP contribution in [0.15, 0.2) is 0 Å².